The molecule has 0 radical (unpaired) electrons. The molecule has 2 aromatic rings. The van der Waals surface area contributed by atoms with E-state index in [4.69, 9.17) is 0 Å². The second-order valence-corrected chi connectivity index (χ2v) is 6.79. The minimum atomic E-state index is -0.794. The van der Waals surface area contributed by atoms with Gasteiger partial charge in [0.05, 0.1) is 5.69 Å². The van der Waals surface area contributed by atoms with Crippen molar-refractivity contribution in [1.29, 1.82) is 0 Å². The fraction of sp³-hybridized carbons (Fsp3) is 0.438. The van der Waals surface area contributed by atoms with Crippen molar-refractivity contribution in [2.24, 2.45) is 0 Å². The summed E-state index contributed by atoms with van der Waals surface area (Å²) in [5.41, 5.74) is 2.54. The lowest BCUT2D eigenvalue weighted by Gasteiger charge is -2.22. The van der Waals surface area contributed by atoms with Gasteiger partial charge in [-0.25, -0.2) is 4.98 Å². The first-order valence-electron chi connectivity index (χ1n) is 7.19. The highest BCUT2D eigenvalue weighted by atomic mass is 32.2. The van der Waals surface area contributed by atoms with Gasteiger partial charge in [-0.05, 0) is 37.3 Å². The molecule has 0 saturated heterocycles. The predicted molar refractivity (Wildman–Crippen MR) is 92.7 cm³/mol. The molecule has 1 aromatic carbocycles. The maximum Gasteiger partial charge on any atom is 0.193 e. The molecule has 1 heterocycles. The van der Waals surface area contributed by atoms with Crippen molar-refractivity contribution in [3.8, 4) is 0 Å². The Morgan fingerprint density at radius 1 is 1.24 bits per heavy atom. The lowest BCUT2D eigenvalue weighted by Crippen LogP contribution is -2.23. The van der Waals surface area contributed by atoms with Crippen LogP contribution in [0.3, 0.4) is 0 Å². The molecule has 0 aliphatic heterocycles. The summed E-state index contributed by atoms with van der Waals surface area (Å²) in [6.07, 6.45) is 1.37. The fourth-order valence-corrected chi connectivity index (χ4v) is 3.63. The summed E-state index contributed by atoms with van der Waals surface area (Å²) in [6.45, 7) is 6.07. The van der Waals surface area contributed by atoms with E-state index < -0.39 is 5.60 Å². The van der Waals surface area contributed by atoms with Gasteiger partial charge in [0, 0.05) is 11.1 Å². The molecule has 21 heavy (non-hydrogen) atoms. The topological polar surface area (TPSA) is 45.1 Å². The number of nitrogens with zero attached hydrogens (tertiary/aromatic N) is 1. The summed E-state index contributed by atoms with van der Waals surface area (Å²) in [5.74, 6) is 0.890. The van der Waals surface area contributed by atoms with Crippen LogP contribution >= 0.6 is 23.3 Å². The molecular formula is C16H22N2OS2. The Labute approximate surface area is 135 Å². The van der Waals surface area contributed by atoms with E-state index in [1.54, 1.807) is 23.3 Å². The third kappa shape index (κ3) is 4.22. The van der Waals surface area contributed by atoms with Crippen LogP contribution < -0.4 is 4.72 Å². The first kappa shape index (κ1) is 16.3. The highest BCUT2D eigenvalue weighted by Crippen LogP contribution is 2.31. The van der Waals surface area contributed by atoms with Crippen molar-refractivity contribution in [1.82, 2.24) is 4.98 Å². The monoisotopic (exact) mass is 322 g/mol. The lowest BCUT2D eigenvalue weighted by molar-refractivity contribution is 0.0247. The van der Waals surface area contributed by atoms with Crippen LogP contribution in [0.4, 0.5) is 5.13 Å². The highest BCUT2D eigenvalue weighted by molar-refractivity contribution is 7.99. The van der Waals surface area contributed by atoms with E-state index in [1.165, 1.54) is 11.1 Å². The quantitative estimate of drug-likeness (QED) is 0.724. The van der Waals surface area contributed by atoms with Gasteiger partial charge in [-0.2, -0.15) is 0 Å². The van der Waals surface area contributed by atoms with Crippen LogP contribution in [0.15, 0.2) is 29.6 Å². The van der Waals surface area contributed by atoms with Crippen LogP contribution in [0, 0.1) is 6.92 Å². The summed E-state index contributed by atoms with van der Waals surface area (Å²) < 4.78 is 3.26. The molecule has 2 N–H and O–H groups in total. The van der Waals surface area contributed by atoms with E-state index >= 15 is 0 Å². The second-order valence-electron chi connectivity index (χ2n) is 5.15. The molecule has 0 atom stereocenters. The maximum atomic E-state index is 10.5. The molecular weight excluding hydrogens is 300 g/mol. The second kappa shape index (κ2) is 7.29. The van der Waals surface area contributed by atoms with Gasteiger partial charge in [-0.15, -0.1) is 11.3 Å². The van der Waals surface area contributed by atoms with Crippen molar-refractivity contribution in [3.63, 3.8) is 0 Å². The molecule has 0 unspecified atom stereocenters. The van der Waals surface area contributed by atoms with E-state index in [9.17, 15) is 5.11 Å². The Balaban J connectivity index is 1.90. The number of thiazole rings is 1. The van der Waals surface area contributed by atoms with Crippen molar-refractivity contribution in [2.45, 2.75) is 45.0 Å². The standard InChI is InChI=1S/C16H22N2OS2/c1-4-16(19,5-2)14-11-20-15(17-14)18-21-10-13-8-6-12(3)7-9-13/h6-9,11,19H,4-5,10H2,1-3H3,(H,17,18). The Kier molecular flexibility index (Phi) is 5.67. The van der Waals surface area contributed by atoms with E-state index in [-0.39, 0.29) is 0 Å². The zero-order valence-corrected chi connectivity index (χ0v) is 14.4. The number of hydrogen-bond donors (Lipinski definition) is 2. The Hall–Kier alpha value is -1.04. The fourth-order valence-electron chi connectivity index (χ4n) is 2.01. The number of hydrogen-bond acceptors (Lipinski definition) is 5. The minimum absolute atomic E-state index is 0.684. The Morgan fingerprint density at radius 2 is 1.90 bits per heavy atom. The van der Waals surface area contributed by atoms with E-state index in [0.717, 1.165) is 16.6 Å². The summed E-state index contributed by atoms with van der Waals surface area (Å²) in [5, 5.41) is 13.2. The number of benzene rings is 1. The van der Waals surface area contributed by atoms with Gasteiger partial charge in [-0.1, -0.05) is 43.7 Å². The molecule has 5 heteroatoms. The number of aryl methyl sites for hydroxylation is 1. The summed E-state index contributed by atoms with van der Waals surface area (Å²) in [7, 11) is 0. The van der Waals surface area contributed by atoms with E-state index in [1.807, 2.05) is 19.2 Å². The summed E-state index contributed by atoms with van der Waals surface area (Å²) in [4.78, 5) is 4.51. The molecule has 114 valence electrons. The first-order chi connectivity index (χ1) is 10.1. The van der Waals surface area contributed by atoms with Gasteiger partial charge in [0.2, 0.25) is 0 Å². The van der Waals surface area contributed by atoms with Crippen LogP contribution in [0.25, 0.3) is 0 Å². The third-order valence-electron chi connectivity index (χ3n) is 3.67. The first-order valence-corrected chi connectivity index (χ1v) is 9.05. The largest absolute Gasteiger partial charge is 0.384 e. The maximum absolute atomic E-state index is 10.5. The SMILES string of the molecule is CCC(O)(CC)c1csc(NSCc2ccc(C)cc2)n1. The molecule has 0 saturated carbocycles. The van der Waals surface area contributed by atoms with Gasteiger partial charge in [0.1, 0.15) is 5.60 Å². The molecule has 1 aromatic heterocycles. The smallest absolute Gasteiger partial charge is 0.193 e. The summed E-state index contributed by atoms with van der Waals surface area (Å²) >= 11 is 3.16. The number of nitrogens with one attached hydrogen (secondary N) is 1. The average molecular weight is 322 g/mol. The number of aromatic nitrogens is 1. The van der Waals surface area contributed by atoms with Crippen LogP contribution in [-0.4, -0.2) is 10.1 Å². The molecule has 0 fully saturated rings. The number of aliphatic hydroxyl groups is 1. The average Bonchev–Trinajstić information content (AvgIpc) is 2.98. The molecule has 0 spiro atoms. The van der Waals surface area contributed by atoms with Crippen molar-refractivity contribution >= 4 is 28.4 Å². The van der Waals surface area contributed by atoms with Crippen LogP contribution in [0.1, 0.15) is 43.5 Å². The van der Waals surface area contributed by atoms with Gasteiger partial charge < -0.3 is 9.83 Å². The van der Waals surface area contributed by atoms with E-state index in [2.05, 4.69) is 40.9 Å². The van der Waals surface area contributed by atoms with E-state index in [0.29, 0.717) is 12.8 Å². The van der Waals surface area contributed by atoms with Gasteiger partial charge in [-0.3, -0.25) is 0 Å². The van der Waals surface area contributed by atoms with Crippen LogP contribution in [-0.2, 0) is 11.4 Å². The number of anilines is 1. The van der Waals surface area contributed by atoms with Crippen molar-refractivity contribution in [3.05, 3.63) is 46.5 Å². The normalized spacial score (nSPS) is 11.6. The number of rotatable bonds is 7. The van der Waals surface area contributed by atoms with Crippen LogP contribution in [0.2, 0.25) is 0 Å². The Morgan fingerprint density at radius 3 is 2.52 bits per heavy atom. The zero-order valence-electron chi connectivity index (χ0n) is 12.7. The summed E-state index contributed by atoms with van der Waals surface area (Å²) in [6, 6.07) is 8.54. The highest BCUT2D eigenvalue weighted by Gasteiger charge is 2.27. The molecule has 0 bridgehead atoms. The van der Waals surface area contributed by atoms with Gasteiger partial charge in [0.25, 0.3) is 0 Å². The zero-order chi connectivity index (χ0) is 15.3. The van der Waals surface area contributed by atoms with Crippen LogP contribution in [0.5, 0.6) is 0 Å². The van der Waals surface area contributed by atoms with Crippen molar-refractivity contribution in [2.75, 3.05) is 4.72 Å². The lowest BCUT2D eigenvalue weighted by atomic mass is 9.94. The Bertz CT molecular complexity index is 562. The molecule has 3 nitrogen and oxygen atoms in total. The molecule has 0 aliphatic carbocycles. The van der Waals surface area contributed by atoms with Gasteiger partial charge >= 0.3 is 0 Å². The predicted octanol–water partition coefficient (Wildman–Crippen LogP) is 4.72. The molecule has 0 amide bonds. The molecule has 0 aliphatic rings. The van der Waals surface area contributed by atoms with Gasteiger partial charge in [0.15, 0.2) is 5.13 Å². The van der Waals surface area contributed by atoms with Crippen molar-refractivity contribution < 1.29 is 5.11 Å². The minimum Gasteiger partial charge on any atom is -0.384 e. The third-order valence-corrected chi connectivity index (χ3v) is 5.37. The molecule has 2 rings (SSSR count).